The zero-order valence-corrected chi connectivity index (χ0v) is 19.0. The van der Waals surface area contributed by atoms with Crippen LogP contribution in [0.15, 0.2) is 72.4 Å². The number of nitrogens with one attached hydrogen (secondary N) is 2. The van der Waals surface area contributed by atoms with Gasteiger partial charge in [-0.1, -0.05) is 42.0 Å². The van der Waals surface area contributed by atoms with Gasteiger partial charge in [0, 0.05) is 18.3 Å². The summed E-state index contributed by atoms with van der Waals surface area (Å²) >= 11 is 0. The average molecular weight is 440 g/mol. The summed E-state index contributed by atoms with van der Waals surface area (Å²) in [5, 5.41) is 5.90. The number of carbonyl (C=O) groups is 3. The number of carbonyl (C=O) groups excluding carboxylic acids is 3. The molecule has 0 spiro atoms. The molecule has 166 valence electrons. The van der Waals surface area contributed by atoms with Crippen molar-refractivity contribution in [3.8, 4) is 0 Å². The SMILES string of the molecule is CC(=O)Nc1ccc(C2=C(Nc3cccc(C)c3)C(=O)N(c3ccc(C)cc3C)C2=O)cc1. The van der Waals surface area contributed by atoms with E-state index < -0.39 is 11.8 Å². The Kier molecular flexibility index (Phi) is 5.84. The van der Waals surface area contributed by atoms with Gasteiger partial charge in [-0.3, -0.25) is 14.4 Å². The van der Waals surface area contributed by atoms with Crippen LogP contribution in [0.25, 0.3) is 5.57 Å². The molecule has 0 bridgehead atoms. The summed E-state index contributed by atoms with van der Waals surface area (Å²) in [6.07, 6.45) is 0. The molecule has 6 heteroatoms. The minimum absolute atomic E-state index is 0.183. The summed E-state index contributed by atoms with van der Waals surface area (Å²) in [5.74, 6) is -0.985. The van der Waals surface area contributed by atoms with Crippen molar-refractivity contribution in [3.05, 3.63) is 94.7 Å². The fourth-order valence-electron chi connectivity index (χ4n) is 3.98. The highest BCUT2D eigenvalue weighted by atomic mass is 16.2. The first-order chi connectivity index (χ1) is 15.7. The molecule has 0 fully saturated rings. The molecule has 2 N–H and O–H groups in total. The fourth-order valence-corrected chi connectivity index (χ4v) is 3.98. The Hall–Kier alpha value is -4.19. The number of anilines is 3. The predicted molar refractivity (Wildman–Crippen MR) is 131 cm³/mol. The summed E-state index contributed by atoms with van der Waals surface area (Å²) in [5.41, 5.74) is 5.92. The molecule has 0 saturated heterocycles. The van der Waals surface area contributed by atoms with Crippen LogP contribution in [-0.2, 0) is 14.4 Å². The van der Waals surface area contributed by atoms with Crippen molar-refractivity contribution < 1.29 is 14.4 Å². The Morgan fingerprint density at radius 2 is 1.48 bits per heavy atom. The average Bonchev–Trinajstić information content (AvgIpc) is 2.98. The molecule has 0 radical (unpaired) electrons. The highest BCUT2D eigenvalue weighted by molar-refractivity contribution is 6.46. The molecule has 3 aromatic carbocycles. The number of benzene rings is 3. The summed E-state index contributed by atoms with van der Waals surface area (Å²) in [6, 6.07) is 20.2. The van der Waals surface area contributed by atoms with Crippen molar-refractivity contribution in [2.24, 2.45) is 0 Å². The standard InChI is InChI=1S/C27H25N3O3/c1-16-6-5-7-22(15-16)29-25-24(20-9-11-21(12-10-20)28-19(4)31)26(32)30(27(25)33)23-13-8-17(2)14-18(23)3/h5-15,29H,1-4H3,(H,28,31). The molecule has 0 unspecified atom stereocenters. The zero-order chi connectivity index (χ0) is 23.7. The van der Waals surface area contributed by atoms with Crippen LogP contribution in [0.2, 0.25) is 0 Å². The number of imide groups is 1. The highest BCUT2D eigenvalue weighted by Gasteiger charge is 2.40. The van der Waals surface area contributed by atoms with E-state index in [-0.39, 0.29) is 17.2 Å². The van der Waals surface area contributed by atoms with E-state index in [0.717, 1.165) is 22.4 Å². The molecule has 4 rings (SSSR count). The molecule has 3 aromatic rings. The lowest BCUT2D eigenvalue weighted by Crippen LogP contribution is -2.33. The van der Waals surface area contributed by atoms with E-state index in [1.807, 2.05) is 57.2 Å². The number of rotatable bonds is 5. The van der Waals surface area contributed by atoms with Crippen molar-refractivity contribution >= 4 is 40.4 Å². The number of hydrogen-bond donors (Lipinski definition) is 2. The number of aryl methyl sites for hydroxylation is 3. The van der Waals surface area contributed by atoms with Gasteiger partial charge in [-0.25, -0.2) is 4.90 Å². The number of amides is 3. The predicted octanol–water partition coefficient (Wildman–Crippen LogP) is 4.97. The third-order valence-corrected chi connectivity index (χ3v) is 5.46. The molecule has 0 aliphatic carbocycles. The summed E-state index contributed by atoms with van der Waals surface area (Å²) in [6.45, 7) is 7.25. The lowest BCUT2D eigenvalue weighted by atomic mass is 10.0. The number of hydrogen-bond acceptors (Lipinski definition) is 4. The van der Waals surface area contributed by atoms with Crippen LogP contribution in [-0.4, -0.2) is 17.7 Å². The van der Waals surface area contributed by atoms with E-state index >= 15 is 0 Å². The van der Waals surface area contributed by atoms with E-state index in [9.17, 15) is 14.4 Å². The lowest BCUT2D eigenvalue weighted by molar-refractivity contribution is -0.120. The van der Waals surface area contributed by atoms with E-state index in [4.69, 9.17) is 0 Å². The minimum Gasteiger partial charge on any atom is -0.350 e. The van der Waals surface area contributed by atoms with E-state index in [2.05, 4.69) is 10.6 Å². The Balaban J connectivity index is 1.81. The normalized spacial score (nSPS) is 13.5. The van der Waals surface area contributed by atoms with Crippen molar-refractivity contribution in [3.63, 3.8) is 0 Å². The lowest BCUT2D eigenvalue weighted by Gasteiger charge is -2.18. The maximum absolute atomic E-state index is 13.6. The van der Waals surface area contributed by atoms with E-state index in [0.29, 0.717) is 16.9 Å². The third-order valence-electron chi connectivity index (χ3n) is 5.46. The van der Waals surface area contributed by atoms with Crippen molar-refractivity contribution in [2.75, 3.05) is 15.5 Å². The topological polar surface area (TPSA) is 78.5 Å². The third kappa shape index (κ3) is 4.41. The molecule has 0 saturated carbocycles. The summed E-state index contributed by atoms with van der Waals surface area (Å²) in [4.78, 5) is 39.8. The van der Waals surface area contributed by atoms with E-state index in [1.54, 1.807) is 30.3 Å². The van der Waals surface area contributed by atoms with E-state index in [1.165, 1.54) is 11.8 Å². The molecular weight excluding hydrogens is 414 g/mol. The van der Waals surface area contributed by atoms with Gasteiger partial charge in [0.2, 0.25) is 5.91 Å². The molecule has 1 heterocycles. The van der Waals surface area contributed by atoms with Crippen LogP contribution >= 0.6 is 0 Å². The van der Waals surface area contributed by atoms with Gasteiger partial charge in [0.05, 0.1) is 11.3 Å². The fraction of sp³-hybridized carbons (Fsp3) is 0.148. The van der Waals surface area contributed by atoms with Gasteiger partial charge < -0.3 is 10.6 Å². The first kappa shape index (κ1) is 22.0. The second-order valence-corrected chi connectivity index (χ2v) is 8.24. The molecule has 1 aliphatic heterocycles. The summed E-state index contributed by atoms with van der Waals surface area (Å²) in [7, 11) is 0. The Labute approximate surface area is 192 Å². The van der Waals surface area contributed by atoms with Gasteiger partial charge in [-0.05, 0) is 67.8 Å². The Morgan fingerprint density at radius 3 is 2.12 bits per heavy atom. The Morgan fingerprint density at radius 1 is 0.788 bits per heavy atom. The second-order valence-electron chi connectivity index (χ2n) is 8.24. The molecule has 1 aliphatic rings. The van der Waals surface area contributed by atoms with Gasteiger partial charge in [-0.2, -0.15) is 0 Å². The maximum atomic E-state index is 13.6. The van der Waals surface area contributed by atoms with Crippen LogP contribution in [0.4, 0.5) is 17.1 Å². The van der Waals surface area contributed by atoms with Crippen molar-refractivity contribution in [1.82, 2.24) is 0 Å². The van der Waals surface area contributed by atoms with Gasteiger partial charge in [0.25, 0.3) is 11.8 Å². The van der Waals surface area contributed by atoms with Gasteiger partial charge in [0.15, 0.2) is 0 Å². The van der Waals surface area contributed by atoms with Crippen molar-refractivity contribution in [2.45, 2.75) is 27.7 Å². The van der Waals surface area contributed by atoms with Gasteiger partial charge in [-0.15, -0.1) is 0 Å². The van der Waals surface area contributed by atoms with Crippen molar-refractivity contribution in [1.29, 1.82) is 0 Å². The molecular formula is C27H25N3O3. The molecule has 0 atom stereocenters. The van der Waals surface area contributed by atoms with Crippen LogP contribution < -0.4 is 15.5 Å². The first-order valence-electron chi connectivity index (χ1n) is 10.7. The van der Waals surface area contributed by atoms with Gasteiger partial charge >= 0.3 is 0 Å². The molecule has 3 amide bonds. The quantitative estimate of drug-likeness (QED) is 0.551. The second kappa shape index (κ2) is 8.74. The van der Waals surface area contributed by atoms with Crippen LogP contribution in [0.3, 0.4) is 0 Å². The zero-order valence-electron chi connectivity index (χ0n) is 19.0. The van der Waals surface area contributed by atoms with Crippen LogP contribution in [0.1, 0.15) is 29.2 Å². The summed E-state index contributed by atoms with van der Waals surface area (Å²) < 4.78 is 0. The van der Waals surface area contributed by atoms with Gasteiger partial charge in [0.1, 0.15) is 5.70 Å². The number of nitrogens with zero attached hydrogens (tertiary/aromatic N) is 1. The van der Waals surface area contributed by atoms with Crippen LogP contribution in [0, 0.1) is 20.8 Å². The highest BCUT2D eigenvalue weighted by Crippen LogP contribution is 2.35. The first-order valence-corrected chi connectivity index (χ1v) is 10.7. The smallest absolute Gasteiger partial charge is 0.282 e. The molecule has 6 nitrogen and oxygen atoms in total. The maximum Gasteiger partial charge on any atom is 0.282 e. The largest absolute Gasteiger partial charge is 0.350 e. The minimum atomic E-state index is -0.408. The Bertz CT molecular complexity index is 1310. The van der Waals surface area contributed by atoms with Crippen LogP contribution in [0.5, 0.6) is 0 Å². The monoisotopic (exact) mass is 439 g/mol. The molecule has 33 heavy (non-hydrogen) atoms. The molecule has 0 aromatic heterocycles.